The first-order chi connectivity index (χ1) is 11.6. The largest absolute Gasteiger partial charge is 0.354 e. The second-order valence-corrected chi connectivity index (χ2v) is 6.28. The molecule has 0 spiro atoms. The Kier molecular flexibility index (Phi) is 4.94. The van der Waals surface area contributed by atoms with Crippen LogP contribution in [-0.2, 0) is 11.3 Å². The Balaban J connectivity index is 1.80. The molecule has 24 heavy (non-hydrogen) atoms. The zero-order valence-electron chi connectivity index (χ0n) is 14.2. The second-order valence-electron chi connectivity index (χ2n) is 6.28. The van der Waals surface area contributed by atoms with Crippen LogP contribution in [0.25, 0.3) is 22.2 Å². The lowest BCUT2D eigenvalue weighted by atomic mass is 10.1. The number of aryl methyl sites for hydroxylation is 1. The van der Waals surface area contributed by atoms with Crippen LogP contribution in [0.4, 0.5) is 0 Å². The van der Waals surface area contributed by atoms with Gasteiger partial charge in [-0.15, -0.1) is 0 Å². The van der Waals surface area contributed by atoms with Crippen LogP contribution in [0.5, 0.6) is 0 Å². The number of carbonyl (C=O) groups excluding carboxylic acids is 1. The van der Waals surface area contributed by atoms with Gasteiger partial charge in [-0.05, 0) is 26.3 Å². The highest BCUT2D eigenvalue weighted by atomic mass is 16.1. The topological polar surface area (TPSA) is 46.9 Å². The highest BCUT2D eigenvalue weighted by Crippen LogP contribution is 2.27. The Morgan fingerprint density at radius 3 is 2.54 bits per heavy atom. The first kappa shape index (κ1) is 16.2. The van der Waals surface area contributed by atoms with Crippen molar-refractivity contribution in [2.45, 2.75) is 39.3 Å². The summed E-state index contributed by atoms with van der Waals surface area (Å²) in [6.45, 7) is 4.69. The summed E-state index contributed by atoms with van der Waals surface area (Å²) in [7, 11) is 0. The lowest BCUT2D eigenvalue weighted by Gasteiger charge is -2.08. The summed E-state index contributed by atoms with van der Waals surface area (Å²) < 4.78 is 2.01. The molecule has 0 fully saturated rings. The van der Waals surface area contributed by atoms with Crippen molar-refractivity contribution in [1.82, 2.24) is 15.1 Å². The monoisotopic (exact) mass is 321 g/mol. The van der Waals surface area contributed by atoms with E-state index in [-0.39, 0.29) is 11.9 Å². The van der Waals surface area contributed by atoms with Gasteiger partial charge in [-0.25, -0.2) is 0 Å². The van der Waals surface area contributed by atoms with E-state index in [0.717, 1.165) is 35.1 Å². The Bertz CT molecular complexity index is 821. The van der Waals surface area contributed by atoms with Crippen LogP contribution in [0.15, 0.2) is 54.6 Å². The summed E-state index contributed by atoms with van der Waals surface area (Å²) in [5.74, 6) is 0.102. The third-order valence-corrected chi connectivity index (χ3v) is 3.93. The fourth-order valence-electron chi connectivity index (χ4n) is 2.89. The predicted octanol–water partition coefficient (Wildman–Crippen LogP) is 4.01. The van der Waals surface area contributed by atoms with Gasteiger partial charge in [0.05, 0.1) is 5.52 Å². The van der Waals surface area contributed by atoms with Crippen molar-refractivity contribution in [2.75, 3.05) is 0 Å². The van der Waals surface area contributed by atoms with Crippen molar-refractivity contribution in [1.29, 1.82) is 0 Å². The number of para-hydroxylation sites is 1. The number of benzene rings is 2. The van der Waals surface area contributed by atoms with Gasteiger partial charge in [0.25, 0.3) is 0 Å². The van der Waals surface area contributed by atoms with E-state index in [1.54, 1.807) is 0 Å². The van der Waals surface area contributed by atoms with Gasteiger partial charge in [-0.3, -0.25) is 9.48 Å². The number of aromatic nitrogens is 2. The molecular formula is C20H23N3O. The Morgan fingerprint density at radius 1 is 1.08 bits per heavy atom. The predicted molar refractivity (Wildman–Crippen MR) is 97.7 cm³/mol. The molecule has 0 atom stereocenters. The molecule has 4 nitrogen and oxygen atoms in total. The molecule has 2 aromatic carbocycles. The molecule has 1 heterocycles. The van der Waals surface area contributed by atoms with Gasteiger partial charge in [-0.2, -0.15) is 5.10 Å². The van der Waals surface area contributed by atoms with Crippen molar-refractivity contribution in [3.05, 3.63) is 54.6 Å². The normalized spacial score (nSPS) is 11.1. The molecule has 1 N–H and O–H groups in total. The molecule has 0 aliphatic heterocycles. The highest BCUT2D eigenvalue weighted by molar-refractivity contribution is 5.93. The standard InChI is InChI=1S/C20H23N3O/c1-15(2)21-19(24)13-8-14-23-18-12-7-6-11-17(18)20(22-23)16-9-4-3-5-10-16/h3-7,9-12,15H,8,13-14H2,1-2H3,(H,21,24). The van der Waals surface area contributed by atoms with Crippen LogP contribution >= 0.6 is 0 Å². The number of carbonyl (C=O) groups is 1. The maximum Gasteiger partial charge on any atom is 0.220 e. The lowest BCUT2D eigenvalue weighted by Crippen LogP contribution is -2.30. The molecule has 0 saturated carbocycles. The quantitative estimate of drug-likeness (QED) is 0.745. The van der Waals surface area contributed by atoms with Crippen LogP contribution in [0, 0.1) is 0 Å². The summed E-state index contributed by atoms with van der Waals surface area (Å²) in [5, 5.41) is 8.88. The van der Waals surface area contributed by atoms with E-state index in [4.69, 9.17) is 5.10 Å². The molecular weight excluding hydrogens is 298 g/mol. The molecule has 0 aliphatic rings. The van der Waals surface area contributed by atoms with Crippen LogP contribution in [-0.4, -0.2) is 21.7 Å². The zero-order valence-corrected chi connectivity index (χ0v) is 14.2. The van der Waals surface area contributed by atoms with E-state index >= 15 is 0 Å². The van der Waals surface area contributed by atoms with E-state index in [1.165, 1.54) is 0 Å². The van der Waals surface area contributed by atoms with Gasteiger partial charge in [0, 0.05) is 30.0 Å². The number of hydrogen-bond acceptors (Lipinski definition) is 2. The summed E-state index contributed by atoms with van der Waals surface area (Å²) in [6.07, 6.45) is 1.30. The van der Waals surface area contributed by atoms with Crippen LogP contribution < -0.4 is 5.32 Å². The van der Waals surface area contributed by atoms with E-state index in [2.05, 4.69) is 29.6 Å². The zero-order chi connectivity index (χ0) is 16.9. The highest BCUT2D eigenvalue weighted by Gasteiger charge is 2.12. The lowest BCUT2D eigenvalue weighted by molar-refractivity contribution is -0.121. The number of nitrogens with one attached hydrogen (secondary N) is 1. The molecule has 0 radical (unpaired) electrons. The number of amides is 1. The van der Waals surface area contributed by atoms with Gasteiger partial charge in [0.15, 0.2) is 0 Å². The van der Waals surface area contributed by atoms with Gasteiger partial charge in [0.1, 0.15) is 5.69 Å². The second kappa shape index (κ2) is 7.30. The van der Waals surface area contributed by atoms with Crippen LogP contribution in [0.1, 0.15) is 26.7 Å². The Hall–Kier alpha value is -2.62. The SMILES string of the molecule is CC(C)NC(=O)CCCn1nc(-c2ccccc2)c2ccccc21. The third-order valence-electron chi connectivity index (χ3n) is 3.93. The maximum atomic E-state index is 11.8. The van der Waals surface area contributed by atoms with E-state index in [9.17, 15) is 4.79 Å². The number of hydrogen-bond donors (Lipinski definition) is 1. The fraction of sp³-hybridized carbons (Fsp3) is 0.300. The minimum atomic E-state index is 0.102. The minimum absolute atomic E-state index is 0.102. The summed E-state index contributed by atoms with van der Waals surface area (Å²) in [6, 6.07) is 18.7. The molecule has 0 unspecified atom stereocenters. The average Bonchev–Trinajstić information content (AvgIpc) is 2.94. The molecule has 0 bridgehead atoms. The summed E-state index contributed by atoms with van der Waals surface area (Å²) in [5.41, 5.74) is 3.23. The van der Waals surface area contributed by atoms with Gasteiger partial charge >= 0.3 is 0 Å². The third kappa shape index (κ3) is 3.65. The summed E-state index contributed by atoms with van der Waals surface area (Å²) in [4.78, 5) is 11.8. The van der Waals surface area contributed by atoms with Crippen LogP contribution in [0.3, 0.4) is 0 Å². The van der Waals surface area contributed by atoms with Crippen molar-refractivity contribution >= 4 is 16.8 Å². The number of rotatable bonds is 6. The summed E-state index contributed by atoms with van der Waals surface area (Å²) >= 11 is 0. The minimum Gasteiger partial charge on any atom is -0.354 e. The molecule has 4 heteroatoms. The molecule has 0 aliphatic carbocycles. The van der Waals surface area contributed by atoms with E-state index in [1.807, 2.05) is 48.9 Å². The maximum absolute atomic E-state index is 11.8. The Morgan fingerprint density at radius 2 is 1.79 bits per heavy atom. The number of nitrogens with zero attached hydrogens (tertiary/aromatic N) is 2. The van der Waals surface area contributed by atoms with Crippen molar-refractivity contribution in [3.8, 4) is 11.3 Å². The van der Waals surface area contributed by atoms with Crippen LogP contribution in [0.2, 0.25) is 0 Å². The molecule has 1 aromatic heterocycles. The average molecular weight is 321 g/mol. The molecule has 1 amide bonds. The molecule has 124 valence electrons. The van der Waals surface area contributed by atoms with Gasteiger partial charge in [-0.1, -0.05) is 48.5 Å². The number of fused-ring (bicyclic) bond motifs is 1. The van der Waals surface area contributed by atoms with E-state index < -0.39 is 0 Å². The van der Waals surface area contributed by atoms with Crippen molar-refractivity contribution in [2.24, 2.45) is 0 Å². The van der Waals surface area contributed by atoms with Gasteiger partial charge in [0.2, 0.25) is 5.91 Å². The molecule has 3 rings (SSSR count). The smallest absolute Gasteiger partial charge is 0.220 e. The molecule has 0 saturated heterocycles. The van der Waals surface area contributed by atoms with Crippen molar-refractivity contribution in [3.63, 3.8) is 0 Å². The first-order valence-electron chi connectivity index (χ1n) is 8.45. The van der Waals surface area contributed by atoms with Crippen molar-refractivity contribution < 1.29 is 4.79 Å². The van der Waals surface area contributed by atoms with Gasteiger partial charge < -0.3 is 5.32 Å². The fourth-order valence-corrected chi connectivity index (χ4v) is 2.89. The Labute approximate surface area is 142 Å². The molecule has 3 aromatic rings. The van der Waals surface area contributed by atoms with E-state index in [0.29, 0.717) is 6.42 Å². The first-order valence-corrected chi connectivity index (χ1v) is 8.45.